The van der Waals surface area contributed by atoms with Gasteiger partial charge < -0.3 is 10.2 Å². The number of halogens is 5. The molecule has 0 saturated carbocycles. The van der Waals surface area contributed by atoms with Gasteiger partial charge >= 0.3 is 12.1 Å². The number of carboxylic acids is 1. The van der Waals surface area contributed by atoms with Crippen molar-refractivity contribution >= 4 is 17.6 Å². The summed E-state index contributed by atoms with van der Waals surface area (Å²) in [5, 5.41) is 28.9. The van der Waals surface area contributed by atoms with E-state index >= 15 is 0 Å². The molecule has 0 amide bonds. The highest BCUT2D eigenvalue weighted by Crippen LogP contribution is 2.50. The van der Waals surface area contributed by atoms with Crippen molar-refractivity contribution in [1.29, 1.82) is 5.26 Å². The van der Waals surface area contributed by atoms with E-state index in [0.717, 1.165) is 31.2 Å². The third kappa shape index (κ3) is 4.42. The number of carbonyl (C=O) groups is 1. The second-order valence-corrected chi connectivity index (χ2v) is 7.82. The molecule has 2 atom stereocenters. The Morgan fingerprint density at radius 1 is 1.06 bits per heavy atom. The van der Waals surface area contributed by atoms with Gasteiger partial charge in [0.1, 0.15) is 5.82 Å². The van der Waals surface area contributed by atoms with E-state index in [1.807, 2.05) is 0 Å². The molecule has 0 aliphatic rings. The smallest absolute Gasteiger partial charge is 0.422 e. The van der Waals surface area contributed by atoms with Crippen molar-refractivity contribution < 1.29 is 32.6 Å². The zero-order valence-corrected chi connectivity index (χ0v) is 17.7. The van der Waals surface area contributed by atoms with E-state index < -0.39 is 40.6 Å². The Morgan fingerprint density at radius 2 is 1.70 bits per heavy atom. The lowest BCUT2D eigenvalue weighted by atomic mass is 9.77. The Balaban J connectivity index is 2.09. The van der Waals surface area contributed by atoms with E-state index in [1.54, 1.807) is 6.07 Å². The van der Waals surface area contributed by atoms with Crippen LogP contribution in [0.15, 0.2) is 60.7 Å². The minimum Gasteiger partial charge on any atom is -0.478 e. The number of rotatable bonds is 5. The molecule has 3 aromatic carbocycles. The average Bonchev–Trinajstić information content (AvgIpc) is 2.77. The van der Waals surface area contributed by atoms with Crippen LogP contribution in [0.3, 0.4) is 0 Å². The SMILES string of the molecule is C[C@H](c1ccc(-c2ccc(F)c(C(=O)O)c2)cc1Cl)[C@@](O)(c1cccc(C#N)c1)C(F)(F)F. The molecule has 170 valence electrons. The first-order chi connectivity index (χ1) is 15.4. The zero-order valence-electron chi connectivity index (χ0n) is 17.0. The number of hydrogen-bond acceptors (Lipinski definition) is 3. The topological polar surface area (TPSA) is 81.3 Å². The summed E-state index contributed by atoms with van der Waals surface area (Å²) in [6.45, 7) is 1.16. The van der Waals surface area contributed by atoms with E-state index in [2.05, 4.69) is 0 Å². The van der Waals surface area contributed by atoms with Crippen LogP contribution in [0, 0.1) is 17.1 Å². The Labute approximate surface area is 191 Å². The van der Waals surface area contributed by atoms with Crippen LogP contribution >= 0.6 is 11.6 Å². The molecule has 0 bridgehead atoms. The van der Waals surface area contributed by atoms with Gasteiger partial charge in [-0.15, -0.1) is 0 Å². The van der Waals surface area contributed by atoms with Gasteiger partial charge in [0.05, 0.1) is 17.2 Å². The van der Waals surface area contributed by atoms with E-state index in [-0.39, 0.29) is 16.1 Å². The molecule has 3 rings (SSSR count). The molecule has 33 heavy (non-hydrogen) atoms. The molecule has 0 spiro atoms. The molecule has 0 saturated heterocycles. The van der Waals surface area contributed by atoms with Gasteiger partial charge in [-0.3, -0.25) is 0 Å². The van der Waals surface area contributed by atoms with Gasteiger partial charge in [0.15, 0.2) is 5.60 Å². The highest BCUT2D eigenvalue weighted by atomic mass is 35.5. The lowest BCUT2D eigenvalue weighted by molar-refractivity contribution is -0.274. The molecule has 0 aliphatic heterocycles. The molecule has 0 aromatic heterocycles. The van der Waals surface area contributed by atoms with Crippen molar-refractivity contribution in [2.24, 2.45) is 0 Å². The van der Waals surface area contributed by atoms with Crippen molar-refractivity contribution in [1.82, 2.24) is 0 Å². The van der Waals surface area contributed by atoms with Crippen LogP contribution in [0.5, 0.6) is 0 Å². The molecule has 9 heteroatoms. The highest BCUT2D eigenvalue weighted by molar-refractivity contribution is 6.31. The predicted molar refractivity (Wildman–Crippen MR) is 113 cm³/mol. The van der Waals surface area contributed by atoms with Crippen LogP contribution in [0.1, 0.15) is 39.9 Å². The van der Waals surface area contributed by atoms with Crippen LogP contribution < -0.4 is 0 Å². The number of nitrogens with zero attached hydrogens (tertiary/aromatic N) is 1. The first-order valence-corrected chi connectivity index (χ1v) is 9.90. The maximum absolute atomic E-state index is 14.1. The quantitative estimate of drug-likeness (QED) is 0.424. The van der Waals surface area contributed by atoms with E-state index in [0.29, 0.717) is 11.1 Å². The zero-order chi connectivity index (χ0) is 24.6. The van der Waals surface area contributed by atoms with E-state index in [4.69, 9.17) is 22.0 Å². The number of aromatic carboxylic acids is 1. The maximum Gasteiger partial charge on any atom is 0.422 e. The summed E-state index contributed by atoms with van der Waals surface area (Å²) in [5.41, 5.74) is -3.85. The fraction of sp³-hybridized carbons (Fsp3) is 0.167. The van der Waals surface area contributed by atoms with Crippen LogP contribution in [-0.2, 0) is 5.60 Å². The minimum atomic E-state index is -5.10. The molecule has 2 N–H and O–H groups in total. The monoisotopic (exact) mass is 477 g/mol. The molecule has 0 fully saturated rings. The summed E-state index contributed by atoms with van der Waals surface area (Å²) in [4.78, 5) is 11.2. The molecule has 0 radical (unpaired) electrons. The molecule has 0 heterocycles. The summed E-state index contributed by atoms with van der Waals surface area (Å²) in [7, 11) is 0. The van der Waals surface area contributed by atoms with Gasteiger partial charge in [0.25, 0.3) is 0 Å². The Bertz CT molecular complexity index is 1270. The van der Waals surface area contributed by atoms with E-state index in [1.165, 1.54) is 36.4 Å². The molecular weight excluding hydrogens is 462 g/mol. The Hall–Kier alpha value is -3.41. The van der Waals surface area contributed by atoms with Crippen LogP contribution in [0.25, 0.3) is 11.1 Å². The fourth-order valence-corrected chi connectivity index (χ4v) is 3.98. The van der Waals surface area contributed by atoms with Crippen molar-refractivity contribution in [3.05, 3.63) is 93.8 Å². The number of alkyl halides is 3. The van der Waals surface area contributed by atoms with Gasteiger partial charge in [0, 0.05) is 10.9 Å². The standard InChI is InChI=1S/C24H16ClF4NO3/c1-13(23(33,24(27,28)29)17-4-2-3-14(9-17)12-30)18-7-5-16(11-20(18)25)15-6-8-21(26)19(10-15)22(31)32/h2-11,13,33H,1H3,(H,31,32)/t13-,23-/m1/s1. The Kier molecular flexibility index (Phi) is 6.50. The summed E-state index contributed by atoms with van der Waals surface area (Å²) in [6, 6.07) is 13.7. The highest BCUT2D eigenvalue weighted by Gasteiger charge is 2.59. The van der Waals surface area contributed by atoms with Crippen molar-refractivity contribution in [2.75, 3.05) is 0 Å². The number of carboxylic acid groups (broad SMARTS) is 1. The lowest BCUT2D eigenvalue weighted by Gasteiger charge is -2.37. The third-order valence-electron chi connectivity index (χ3n) is 5.49. The average molecular weight is 478 g/mol. The van der Waals surface area contributed by atoms with Crippen LogP contribution in [0.4, 0.5) is 17.6 Å². The second-order valence-electron chi connectivity index (χ2n) is 7.41. The number of aliphatic hydroxyl groups is 1. The number of benzene rings is 3. The normalized spacial score (nSPS) is 14.2. The number of hydrogen-bond donors (Lipinski definition) is 2. The Morgan fingerprint density at radius 3 is 2.27 bits per heavy atom. The van der Waals surface area contributed by atoms with Gasteiger partial charge in [-0.05, 0) is 52.6 Å². The van der Waals surface area contributed by atoms with Gasteiger partial charge in [-0.2, -0.15) is 18.4 Å². The van der Waals surface area contributed by atoms with Gasteiger partial charge in [-0.1, -0.05) is 48.9 Å². The molecule has 3 aromatic rings. The largest absolute Gasteiger partial charge is 0.478 e. The molecule has 4 nitrogen and oxygen atoms in total. The minimum absolute atomic E-state index is 0.0248. The summed E-state index contributed by atoms with van der Waals surface area (Å²) >= 11 is 6.29. The predicted octanol–water partition coefficient (Wildman–Crippen LogP) is 6.27. The summed E-state index contributed by atoms with van der Waals surface area (Å²) in [6.07, 6.45) is -5.10. The van der Waals surface area contributed by atoms with Crippen LogP contribution in [-0.4, -0.2) is 22.4 Å². The fourth-order valence-electron chi connectivity index (χ4n) is 3.64. The summed E-state index contributed by atoms with van der Waals surface area (Å²) in [5.74, 6) is -3.98. The lowest BCUT2D eigenvalue weighted by Crippen LogP contribution is -2.46. The summed E-state index contributed by atoms with van der Waals surface area (Å²) < 4.78 is 56.1. The molecular formula is C24H16ClF4NO3. The maximum atomic E-state index is 14.1. The van der Waals surface area contributed by atoms with Crippen molar-refractivity contribution in [2.45, 2.75) is 24.6 Å². The number of nitriles is 1. The second kappa shape index (κ2) is 8.85. The van der Waals surface area contributed by atoms with Crippen molar-refractivity contribution in [3.8, 4) is 17.2 Å². The first-order valence-electron chi connectivity index (χ1n) is 9.52. The third-order valence-corrected chi connectivity index (χ3v) is 5.81. The first kappa shape index (κ1) is 24.2. The van der Waals surface area contributed by atoms with Gasteiger partial charge in [0.2, 0.25) is 0 Å². The molecule has 0 unspecified atom stereocenters. The molecule has 0 aliphatic carbocycles. The van der Waals surface area contributed by atoms with Crippen LogP contribution in [0.2, 0.25) is 5.02 Å². The van der Waals surface area contributed by atoms with E-state index in [9.17, 15) is 27.5 Å². The van der Waals surface area contributed by atoms with Gasteiger partial charge in [-0.25, -0.2) is 9.18 Å². The van der Waals surface area contributed by atoms with Crippen molar-refractivity contribution in [3.63, 3.8) is 0 Å².